The van der Waals surface area contributed by atoms with E-state index in [2.05, 4.69) is 5.32 Å². The minimum atomic E-state index is -0.971. The van der Waals surface area contributed by atoms with Gasteiger partial charge in [0.25, 0.3) is 0 Å². The predicted octanol–water partition coefficient (Wildman–Crippen LogP) is 2.82. The van der Waals surface area contributed by atoms with Crippen LogP contribution in [0.3, 0.4) is 0 Å². The van der Waals surface area contributed by atoms with Crippen LogP contribution in [-0.2, 0) is 16.0 Å². The van der Waals surface area contributed by atoms with E-state index in [0.29, 0.717) is 19.5 Å². The first-order valence-electron chi connectivity index (χ1n) is 9.02. The number of rotatable bonds is 7. The predicted molar refractivity (Wildman–Crippen MR) is 109 cm³/mol. The van der Waals surface area contributed by atoms with E-state index in [-0.39, 0.29) is 29.7 Å². The van der Waals surface area contributed by atoms with Crippen LogP contribution < -0.4 is 10.2 Å². The maximum atomic E-state index is 12.4. The highest BCUT2D eigenvalue weighted by atomic mass is 32.2. The van der Waals surface area contributed by atoms with Crippen LogP contribution in [0.25, 0.3) is 0 Å². The molecule has 2 N–H and O–H groups in total. The van der Waals surface area contributed by atoms with Gasteiger partial charge in [-0.3, -0.25) is 9.59 Å². The molecule has 0 saturated carbocycles. The van der Waals surface area contributed by atoms with Gasteiger partial charge in [0.2, 0.25) is 11.8 Å². The number of carboxylic acids is 1. The SMILES string of the molecule is CSc1ccc(N2CC(C(=O)NCCc3cccc(C(=O)O)c3)CC2=O)cc1. The maximum absolute atomic E-state index is 12.4. The Balaban J connectivity index is 1.53. The molecule has 1 aliphatic heterocycles. The van der Waals surface area contributed by atoms with Crippen LogP contribution in [-0.4, -0.2) is 42.2 Å². The molecule has 1 saturated heterocycles. The quantitative estimate of drug-likeness (QED) is 0.701. The Morgan fingerprint density at radius 1 is 1.21 bits per heavy atom. The third kappa shape index (κ3) is 4.72. The van der Waals surface area contributed by atoms with Gasteiger partial charge >= 0.3 is 5.97 Å². The first-order valence-corrected chi connectivity index (χ1v) is 10.2. The number of hydrogen-bond acceptors (Lipinski definition) is 4. The summed E-state index contributed by atoms with van der Waals surface area (Å²) in [7, 11) is 0. The molecule has 28 heavy (non-hydrogen) atoms. The summed E-state index contributed by atoms with van der Waals surface area (Å²) in [6.07, 6.45) is 2.73. The highest BCUT2D eigenvalue weighted by molar-refractivity contribution is 7.98. The van der Waals surface area contributed by atoms with Gasteiger partial charge in [0, 0.05) is 30.1 Å². The third-order valence-corrected chi connectivity index (χ3v) is 5.51. The smallest absolute Gasteiger partial charge is 0.335 e. The van der Waals surface area contributed by atoms with Gasteiger partial charge in [-0.05, 0) is 54.6 Å². The van der Waals surface area contributed by atoms with E-state index in [1.165, 1.54) is 6.07 Å². The van der Waals surface area contributed by atoms with Crippen molar-refractivity contribution in [3.05, 3.63) is 59.7 Å². The zero-order chi connectivity index (χ0) is 20.1. The van der Waals surface area contributed by atoms with Crippen molar-refractivity contribution in [1.82, 2.24) is 5.32 Å². The number of anilines is 1. The van der Waals surface area contributed by atoms with Crippen molar-refractivity contribution in [1.29, 1.82) is 0 Å². The largest absolute Gasteiger partial charge is 0.478 e. The average molecular weight is 398 g/mol. The summed E-state index contributed by atoms with van der Waals surface area (Å²) in [5.41, 5.74) is 1.88. The molecular weight excluding hydrogens is 376 g/mol. The molecule has 1 atom stereocenters. The highest BCUT2D eigenvalue weighted by Crippen LogP contribution is 2.27. The Labute approximate surface area is 167 Å². The van der Waals surface area contributed by atoms with Crippen LogP contribution in [0.4, 0.5) is 5.69 Å². The van der Waals surface area contributed by atoms with Crippen molar-refractivity contribution in [2.75, 3.05) is 24.2 Å². The fraction of sp³-hybridized carbons (Fsp3) is 0.286. The average Bonchev–Trinajstić information content (AvgIpc) is 3.10. The molecule has 2 aromatic rings. The molecule has 0 spiro atoms. The summed E-state index contributed by atoms with van der Waals surface area (Å²) >= 11 is 1.64. The Morgan fingerprint density at radius 2 is 1.96 bits per heavy atom. The molecule has 7 heteroatoms. The van der Waals surface area contributed by atoms with Gasteiger partial charge in [-0.2, -0.15) is 0 Å². The number of amides is 2. The van der Waals surface area contributed by atoms with Gasteiger partial charge < -0.3 is 15.3 Å². The Morgan fingerprint density at radius 3 is 2.64 bits per heavy atom. The van der Waals surface area contributed by atoms with Crippen LogP contribution >= 0.6 is 11.8 Å². The van der Waals surface area contributed by atoms with Crippen LogP contribution in [0.15, 0.2) is 53.4 Å². The molecule has 1 unspecified atom stereocenters. The van der Waals surface area contributed by atoms with E-state index in [0.717, 1.165) is 16.1 Å². The first kappa shape index (κ1) is 19.9. The van der Waals surface area contributed by atoms with Crippen molar-refractivity contribution in [2.24, 2.45) is 5.92 Å². The molecule has 1 aliphatic rings. The molecule has 1 fully saturated rings. The molecule has 0 radical (unpaired) electrons. The number of nitrogens with zero attached hydrogens (tertiary/aromatic N) is 1. The van der Waals surface area contributed by atoms with E-state index < -0.39 is 5.97 Å². The summed E-state index contributed by atoms with van der Waals surface area (Å²) in [4.78, 5) is 38.6. The molecule has 0 aromatic heterocycles. The van der Waals surface area contributed by atoms with E-state index in [1.807, 2.05) is 36.6 Å². The molecule has 146 valence electrons. The molecule has 2 aromatic carbocycles. The normalized spacial score (nSPS) is 16.2. The summed E-state index contributed by atoms with van der Waals surface area (Å²) in [6, 6.07) is 14.4. The molecule has 0 aliphatic carbocycles. The van der Waals surface area contributed by atoms with Crippen molar-refractivity contribution >= 4 is 35.2 Å². The maximum Gasteiger partial charge on any atom is 0.335 e. The second-order valence-corrected chi connectivity index (χ2v) is 7.53. The minimum Gasteiger partial charge on any atom is -0.478 e. The fourth-order valence-electron chi connectivity index (χ4n) is 3.23. The molecule has 1 heterocycles. The lowest BCUT2D eigenvalue weighted by molar-refractivity contribution is -0.126. The molecular formula is C21H22N2O4S. The summed E-state index contributed by atoms with van der Waals surface area (Å²) in [5.74, 6) is -1.55. The van der Waals surface area contributed by atoms with Crippen molar-refractivity contribution in [3.8, 4) is 0 Å². The number of hydrogen-bond donors (Lipinski definition) is 2. The Kier molecular flexibility index (Phi) is 6.36. The number of thioether (sulfide) groups is 1. The Hall–Kier alpha value is -2.80. The van der Waals surface area contributed by atoms with Crippen molar-refractivity contribution < 1.29 is 19.5 Å². The summed E-state index contributed by atoms with van der Waals surface area (Å²) < 4.78 is 0. The van der Waals surface area contributed by atoms with Crippen LogP contribution in [0.5, 0.6) is 0 Å². The number of carbonyl (C=O) groups excluding carboxylic acids is 2. The van der Waals surface area contributed by atoms with E-state index >= 15 is 0 Å². The number of nitrogens with one attached hydrogen (secondary N) is 1. The van der Waals surface area contributed by atoms with Crippen LogP contribution in [0.1, 0.15) is 22.3 Å². The van der Waals surface area contributed by atoms with E-state index in [1.54, 1.807) is 28.8 Å². The lowest BCUT2D eigenvalue weighted by Gasteiger charge is -2.17. The third-order valence-electron chi connectivity index (χ3n) is 4.77. The summed E-state index contributed by atoms with van der Waals surface area (Å²) in [5, 5.41) is 11.9. The van der Waals surface area contributed by atoms with Gasteiger partial charge in [0.15, 0.2) is 0 Å². The number of carbonyl (C=O) groups is 3. The van der Waals surface area contributed by atoms with Crippen molar-refractivity contribution in [2.45, 2.75) is 17.7 Å². The number of aromatic carboxylic acids is 1. The van der Waals surface area contributed by atoms with Crippen LogP contribution in [0, 0.1) is 5.92 Å². The first-order chi connectivity index (χ1) is 13.5. The van der Waals surface area contributed by atoms with Gasteiger partial charge in [-0.25, -0.2) is 4.79 Å². The Bertz CT molecular complexity index is 882. The zero-order valence-corrected chi connectivity index (χ0v) is 16.4. The van der Waals surface area contributed by atoms with Gasteiger partial charge in [-0.15, -0.1) is 11.8 Å². The minimum absolute atomic E-state index is 0.0498. The zero-order valence-electron chi connectivity index (χ0n) is 15.6. The van der Waals surface area contributed by atoms with Gasteiger partial charge in [0.1, 0.15) is 0 Å². The fourth-order valence-corrected chi connectivity index (χ4v) is 3.64. The standard InChI is InChI=1S/C21H22N2O4S/c1-28-18-7-5-17(6-8-18)23-13-16(12-19(23)24)20(25)22-10-9-14-3-2-4-15(11-14)21(26)27/h2-8,11,16H,9-10,12-13H2,1H3,(H,22,25)(H,26,27). The lowest BCUT2D eigenvalue weighted by atomic mass is 10.1. The molecule has 0 bridgehead atoms. The molecule has 3 rings (SSSR count). The monoisotopic (exact) mass is 398 g/mol. The second-order valence-electron chi connectivity index (χ2n) is 6.65. The topological polar surface area (TPSA) is 86.7 Å². The highest BCUT2D eigenvalue weighted by Gasteiger charge is 2.34. The number of carboxylic acid groups (broad SMARTS) is 1. The van der Waals surface area contributed by atoms with E-state index in [4.69, 9.17) is 5.11 Å². The van der Waals surface area contributed by atoms with E-state index in [9.17, 15) is 14.4 Å². The van der Waals surface area contributed by atoms with Crippen LogP contribution in [0.2, 0.25) is 0 Å². The van der Waals surface area contributed by atoms with Gasteiger partial charge in [0.05, 0.1) is 11.5 Å². The summed E-state index contributed by atoms with van der Waals surface area (Å²) in [6.45, 7) is 0.771. The van der Waals surface area contributed by atoms with Crippen molar-refractivity contribution in [3.63, 3.8) is 0 Å². The van der Waals surface area contributed by atoms with Gasteiger partial charge in [-0.1, -0.05) is 12.1 Å². The number of benzene rings is 2. The lowest BCUT2D eigenvalue weighted by Crippen LogP contribution is -2.34. The second kappa shape index (κ2) is 8.93. The molecule has 2 amide bonds. The molecule has 6 nitrogen and oxygen atoms in total.